The van der Waals surface area contributed by atoms with E-state index < -0.39 is 0 Å². The van der Waals surface area contributed by atoms with Crippen molar-refractivity contribution in [3.63, 3.8) is 0 Å². The summed E-state index contributed by atoms with van der Waals surface area (Å²) in [5.41, 5.74) is 5.29. The van der Waals surface area contributed by atoms with Gasteiger partial charge in [-0.05, 0) is 60.4 Å². The van der Waals surface area contributed by atoms with Crippen LogP contribution in [0.15, 0.2) is 42.5 Å². The highest BCUT2D eigenvalue weighted by Gasteiger charge is 2.43. The van der Waals surface area contributed by atoms with Gasteiger partial charge in [0.15, 0.2) is 0 Å². The van der Waals surface area contributed by atoms with Gasteiger partial charge in [-0.2, -0.15) is 0 Å². The number of halogens is 2. The second-order valence-electron chi connectivity index (χ2n) is 5.78. The van der Waals surface area contributed by atoms with Gasteiger partial charge in [0, 0.05) is 9.85 Å². The molecular weight excluding hydrogens is 332 g/mol. The summed E-state index contributed by atoms with van der Waals surface area (Å²) in [5.74, 6) is 1.38. The third kappa shape index (κ3) is 2.66. The summed E-state index contributed by atoms with van der Waals surface area (Å²) < 4.78 is 0. The largest absolute Gasteiger partial charge is 0.0840 e. The van der Waals surface area contributed by atoms with Gasteiger partial charge in [-0.25, -0.2) is 0 Å². The highest BCUT2D eigenvalue weighted by atomic mass is 79.9. The molecular formula is C18H18BrCl. The third-order valence-electron chi connectivity index (χ3n) is 4.29. The molecule has 3 rings (SSSR count). The Hall–Kier alpha value is -0.790. The second kappa shape index (κ2) is 5.54. The number of benzene rings is 2. The van der Waals surface area contributed by atoms with Crippen molar-refractivity contribution < 1.29 is 0 Å². The van der Waals surface area contributed by atoms with Gasteiger partial charge >= 0.3 is 0 Å². The van der Waals surface area contributed by atoms with Gasteiger partial charge in [-0.3, -0.25) is 0 Å². The molecule has 1 aliphatic rings. The van der Waals surface area contributed by atoms with Crippen LogP contribution in [0.1, 0.15) is 39.4 Å². The fourth-order valence-corrected chi connectivity index (χ4v) is 4.25. The van der Waals surface area contributed by atoms with Crippen molar-refractivity contribution in [3.05, 3.63) is 69.7 Å². The zero-order valence-corrected chi connectivity index (χ0v) is 14.1. The van der Waals surface area contributed by atoms with Crippen molar-refractivity contribution in [2.45, 2.75) is 31.0 Å². The van der Waals surface area contributed by atoms with Crippen molar-refractivity contribution in [1.82, 2.24) is 0 Å². The average molecular weight is 350 g/mol. The normalized spacial score (nSPS) is 22.6. The molecule has 3 atom stereocenters. The number of hydrogen-bond acceptors (Lipinski definition) is 0. The van der Waals surface area contributed by atoms with Gasteiger partial charge in [0.1, 0.15) is 0 Å². The lowest BCUT2D eigenvalue weighted by molar-refractivity contribution is 0.781. The van der Waals surface area contributed by atoms with E-state index in [9.17, 15) is 0 Å². The Morgan fingerprint density at radius 2 is 1.80 bits per heavy atom. The van der Waals surface area contributed by atoms with Gasteiger partial charge < -0.3 is 0 Å². The van der Waals surface area contributed by atoms with Crippen LogP contribution in [-0.2, 0) is 0 Å². The van der Waals surface area contributed by atoms with Gasteiger partial charge in [-0.1, -0.05) is 63.9 Å². The number of aryl methyl sites for hydroxylation is 2. The van der Waals surface area contributed by atoms with E-state index in [2.05, 4.69) is 72.2 Å². The van der Waals surface area contributed by atoms with E-state index in [1.54, 1.807) is 0 Å². The van der Waals surface area contributed by atoms with Crippen LogP contribution in [-0.4, -0.2) is 0 Å². The predicted octanol–water partition coefficient (Wildman–Crippen LogP) is 6.20. The van der Waals surface area contributed by atoms with Crippen molar-refractivity contribution in [2.75, 3.05) is 0 Å². The maximum atomic E-state index is 6.20. The molecule has 0 amide bonds. The van der Waals surface area contributed by atoms with Crippen LogP contribution >= 0.6 is 27.5 Å². The Bertz CT molecular complexity index is 621. The highest BCUT2D eigenvalue weighted by Crippen LogP contribution is 2.57. The molecule has 1 aliphatic carbocycles. The molecule has 0 aromatic heterocycles. The summed E-state index contributed by atoms with van der Waals surface area (Å²) in [7, 11) is 0. The van der Waals surface area contributed by atoms with Gasteiger partial charge in [0.2, 0.25) is 0 Å². The lowest BCUT2D eigenvalue weighted by atomic mass is 9.98. The lowest BCUT2D eigenvalue weighted by Gasteiger charge is -2.15. The van der Waals surface area contributed by atoms with Crippen molar-refractivity contribution in [3.8, 4) is 0 Å². The molecule has 2 heteroatoms. The first-order valence-electron chi connectivity index (χ1n) is 7.03. The Balaban J connectivity index is 1.82. The van der Waals surface area contributed by atoms with Gasteiger partial charge in [-0.15, -0.1) is 0 Å². The molecule has 0 aliphatic heterocycles. The summed E-state index contributed by atoms with van der Waals surface area (Å²) in [6.07, 6.45) is 1.26. The smallest absolute Gasteiger partial charge is 0.0438 e. The van der Waals surface area contributed by atoms with Crippen LogP contribution < -0.4 is 0 Å². The van der Waals surface area contributed by atoms with E-state index in [1.807, 2.05) is 0 Å². The quantitative estimate of drug-likeness (QED) is 0.579. The van der Waals surface area contributed by atoms with Crippen molar-refractivity contribution >= 4 is 27.5 Å². The topological polar surface area (TPSA) is 0 Å². The van der Waals surface area contributed by atoms with Crippen LogP contribution in [0.2, 0.25) is 5.02 Å². The summed E-state index contributed by atoms with van der Waals surface area (Å²) in [5, 5.41) is 0.862. The molecule has 0 nitrogen and oxygen atoms in total. The van der Waals surface area contributed by atoms with E-state index in [0.717, 1.165) is 10.6 Å². The number of rotatable bonds is 3. The summed E-state index contributed by atoms with van der Waals surface area (Å²) in [6.45, 7) is 4.22. The molecule has 0 N–H and O–H groups in total. The van der Waals surface area contributed by atoms with E-state index in [0.29, 0.717) is 16.7 Å². The third-order valence-corrected chi connectivity index (χ3v) is 5.87. The molecule has 1 saturated carbocycles. The second-order valence-corrected chi connectivity index (χ2v) is 7.17. The standard InChI is InChI=1S/C18H18BrCl/c1-11-9-17(20)12(2)8-14(11)18(19)16-10-15(16)13-6-4-3-5-7-13/h3-9,15-16,18H,10H2,1-2H3. The number of alkyl halides is 1. The maximum Gasteiger partial charge on any atom is 0.0438 e. The molecule has 0 spiro atoms. The first kappa shape index (κ1) is 14.2. The van der Waals surface area contributed by atoms with E-state index in [1.165, 1.54) is 23.1 Å². The Morgan fingerprint density at radius 1 is 1.10 bits per heavy atom. The highest BCUT2D eigenvalue weighted by molar-refractivity contribution is 9.09. The molecule has 1 fully saturated rings. The van der Waals surface area contributed by atoms with Crippen LogP contribution in [0.5, 0.6) is 0 Å². The van der Waals surface area contributed by atoms with E-state index in [4.69, 9.17) is 11.6 Å². The lowest BCUT2D eigenvalue weighted by Crippen LogP contribution is -1.99. The molecule has 0 saturated heterocycles. The Kier molecular flexibility index (Phi) is 3.92. The summed E-state index contributed by atoms with van der Waals surface area (Å²) in [6, 6.07) is 15.1. The van der Waals surface area contributed by atoms with Crippen molar-refractivity contribution in [2.24, 2.45) is 5.92 Å². The van der Waals surface area contributed by atoms with Crippen LogP contribution in [0.3, 0.4) is 0 Å². The SMILES string of the molecule is Cc1cc(C(Br)C2CC2c2ccccc2)c(C)cc1Cl. The monoisotopic (exact) mass is 348 g/mol. The minimum atomic E-state index is 0.420. The summed E-state index contributed by atoms with van der Waals surface area (Å²) in [4.78, 5) is 0.420. The first-order valence-corrected chi connectivity index (χ1v) is 8.33. The van der Waals surface area contributed by atoms with E-state index >= 15 is 0 Å². The van der Waals surface area contributed by atoms with E-state index in [-0.39, 0.29) is 0 Å². The molecule has 0 heterocycles. The van der Waals surface area contributed by atoms with Crippen LogP contribution in [0.25, 0.3) is 0 Å². The molecule has 2 aromatic rings. The molecule has 0 bridgehead atoms. The average Bonchev–Trinajstić information content (AvgIpc) is 3.23. The minimum absolute atomic E-state index is 0.420. The Morgan fingerprint density at radius 3 is 2.50 bits per heavy atom. The fourth-order valence-electron chi connectivity index (χ4n) is 2.95. The summed E-state index contributed by atoms with van der Waals surface area (Å²) >= 11 is 10.1. The maximum absolute atomic E-state index is 6.20. The first-order chi connectivity index (χ1) is 9.58. The van der Waals surface area contributed by atoms with Crippen molar-refractivity contribution in [1.29, 1.82) is 0 Å². The zero-order valence-electron chi connectivity index (χ0n) is 11.7. The molecule has 2 aromatic carbocycles. The van der Waals surface area contributed by atoms with Gasteiger partial charge in [0.05, 0.1) is 0 Å². The fraction of sp³-hybridized carbons (Fsp3) is 0.333. The Labute approximate surface area is 134 Å². The molecule has 0 radical (unpaired) electrons. The molecule has 20 heavy (non-hydrogen) atoms. The zero-order chi connectivity index (χ0) is 14.3. The minimum Gasteiger partial charge on any atom is -0.0840 e. The van der Waals surface area contributed by atoms with Crippen LogP contribution in [0.4, 0.5) is 0 Å². The predicted molar refractivity (Wildman–Crippen MR) is 89.9 cm³/mol. The number of hydrogen-bond donors (Lipinski definition) is 0. The molecule has 3 unspecified atom stereocenters. The van der Waals surface area contributed by atoms with Crippen LogP contribution in [0, 0.1) is 19.8 Å². The van der Waals surface area contributed by atoms with Gasteiger partial charge in [0.25, 0.3) is 0 Å². The molecule has 104 valence electrons.